The Bertz CT molecular complexity index is 280. The second kappa shape index (κ2) is 6.49. The topological polar surface area (TPSA) is 12.0 Å². The van der Waals surface area contributed by atoms with Crippen molar-refractivity contribution in [1.29, 1.82) is 0 Å². The summed E-state index contributed by atoms with van der Waals surface area (Å²) in [6.45, 7) is 6.64. The van der Waals surface area contributed by atoms with E-state index in [4.69, 9.17) is 0 Å². The van der Waals surface area contributed by atoms with Gasteiger partial charge in [0, 0.05) is 11.7 Å². The minimum atomic E-state index is 0.631. The second-order valence-electron chi connectivity index (χ2n) is 4.26. The van der Waals surface area contributed by atoms with E-state index in [2.05, 4.69) is 50.4 Å². The van der Waals surface area contributed by atoms with Crippen molar-refractivity contribution in [1.82, 2.24) is 0 Å². The van der Waals surface area contributed by atoms with Gasteiger partial charge in [-0.05, 0) is 37.5 Å². The minimum absolute atomic E-state index is 0.631. The van der Waals surface area contributed by atoms with Crippen LogP contribution in [0.3, 0.4) is 0 Å². The first kappa shape index (κ1) is 12.1. The molecule has 1 aromatic rings. The third kappa shape index (κ3) is 4.37. The van der Waals surface area contributed by atoms with Gasteiger partial charge in [-0.15, -0.1) is 0 Å². The van der Waals surface area contributed by atoms with Crippen molar-refractivity contribution in [3.8, 4) is 0 Å². The molecule has 1 heteroatoms. The number of benzene rings is 1. The van der Waals surface area contributed by atoms with Gasteiger partial charge in [0.15, 0.2) is 0 Å². The molecule has 0 fully saturated rings. The second-order valence-corrected chi connectivity index (χ2v) is 4.26. The largest absolute Gasteiger partial charge is 0.382 e. The molecule has 1 N–H and O–H groups in total. The molecule has 0 radical (unpaired) electrons. The Balaban J connectivity index is 2.50. The summed E-state index contributed by atoms with van der Waals surface area (Å²) in [5.41, 5.74) is 2.59. The van der Waals surface area contributed by atoms with Gasteiger partial charge in [0.1, 0.15) is 0 Å². The summed E-state index contributed by atoms with van der Waals surface area (Å²) in [5, 5.41) is 3.60. The highest BCUT2D eigenvalue weighted by molar-refractivity contribution is 5.46. The number of hydrogen-bond donors (Lipinski definition) is 1. The first-order valence-corrected chi connectivity index (χ1v) is 6.09. The predicted molar refractivity (Wildman–Crippen MR) is 68.4 cm³/mol. The zero-order valence-electron chi connectivity index (χ0n) is 10.2. The Morgan fingerprint density at radius 2 is 2.07 bits per heavy atom. The summed E-state index contributed by atoms with van der Waals surface area (Å²) in [6.07, 6.45) is 5.08. The first-order chi connectivity index (χ1) is 7.26. The van der Waals surface area contributed by atoms with Crippen molar-refractivity contribution < 1.29 is 0 Å². The molecule has 0 spiro atoms. The average molecular weight is 205 g/mol. The summed E-state index contributed by atoms with van der Waals surface area (Å²) in [6, 6.07) is 9.25. The van der Waals surface area contributed by atoms with Crippen LogP contribution in [0.25, 0.3) is 0 Å². The van der Waals surface area contributed by atoms with Crippen LogP contribution in [0.15, 0.2) is 24.3 Å². The third-order valence-corrected chi connectivity index (χ3v) is 2.79. The molecule has 0 saturated carbocycles. The standard InChI is InChI=1S/C14H23N/c1-4-6-9-13(5-2)15-14-10-7-8-12(3)11-14/h7-8,10-11,13,15H,4-6,9H2,1-3H3. The molecule has 0 aromatic heterocycles. The van der Waals surface area contributed by atoms with Crippen LogP contribution < -0.4 is 5.32 Å². The number of nitrogens with one attached hydrogen (secondary N) is 1. The smallest absolute Gasteiger partial charge is 0.0344 e. The Kier molecular flexibility index (Phi) is 5.23. The summed E-state index contributed by atoms with van der Waals surface area (Å²) in [5.74, 6) is 0. The normalized spacial score (nSPS) is 12.5. The molecular weight excluding hydrogens is 182 g/mol. The lowest BCUT2D eigenvalue weighted by Crippen LogP contribution is -2.18. The van der Waals surface area contributed by atoms with Gasteiger partial charge in [-0.1, -0.05) is 38.8 Å². The molecule has 0 saturated heterocycles. The van der Waals surface area contributed by atoms with Crippen molar-refractivity contribution >= 4 is 5.69 Å². The molecular formula is C14H23N. The highest BCUT2D eigenvalue weighted by Gasteiger charge is 2.04. The highest BCUT2D eigenvalue weighted by atomic mass is 14.9. The zero-order valence-corrected chi connectivity index (χ0v) is 10.2. The molecule has 84 valence electrons. The number of hydrogen-bond acceptors (Lipinski definition) is 1. The van der Waals surface area contributed by atoms with E-state index >= 15 is 0 Å². The average Bonchev–Trinajstić information content (AvgIpc) is 2.24. The summed E-state index contributed by atoms with van der Waals surface area (Å²) in [7, 11) is 0. The molecule has 0 aliphatic carbocycles. The van der Waals surface area contributed by atoms with E-state index in [0.717, 1.165) is 0 Å². The van der Waals surface area contributed by atoms with Gasteiger partial charge in [-0.2, -0.15) is 0 Å². The van der Waals surface area contributed by atoms with E-state index in [0.29, 0.717) is 6.04 Å². The van der Waals surface area contributed by atoms with Gasteiger partial charge in [0.25, 0.3) is 0 Å². The van der Waals surface area contributed by atoms with Gasteiger partial charge < -0.3 is 5.32 Å². The quantitative estimate of drug-likeness (QED) is 0.727. The molecule has 0 bridgehead atoms. The monoisotopic (exact) mass is 205 g/mol. The fourth-order valence-electron chi connectivity index (χ4n) is 1.80. The highest BCUT2D eigenvalue weighted by Crippen LogP contribution is 2.14. The van der Waals surface area contributed by atoms with E-state index in [-0.39, 0.29) is 0 Å². The minimum Gasteiger partial charge on any atom is -0.382 e. The maximum atomic E-state index is 3.60. The first-order valence-electron chi connectivity index (χ1n) is 6.09. The van der Waals surface area contributed by atoms with Gasteiger partial charge in [0.05, 0.1) is 0 Å². The van der Waals surface area contributed by atoms with E-state index in [1.165, 1.54) is 36.9 Å². The molecule has 1 nitrogen and oxygen atoms in total. The zero-order chi connectivity index (χ0) is 11.1. The Morgan fingerprint density at radius 3 is 2.67 bits per heavy atom. The van der Waals surface area contributed by atoms with Crippen molar-refractivity contribution in [3.05, 3.63) is 29.8 Å². The molecule has 1 atom stereocenters. The van der Waals surface area contributed by atoms with Gasteiger partial charge in [-0.25, -0.2) is 0 Å². The number of aryl methyl sites for hydroxylation is 1. The van der Waals surface area contributed by atoms with Crippen LogP contribution in [0.5, 0.6) is 0 Å². The predicted octanol–water partition coefficient (Wildman–Crippen LogP) is 4.38. The lowest BCUT2D eigenvalue weighted by Gasteiger charge is -2.18. The molecule has 1 unspecified atom stereocenters. The van der Waals surface area contributed by atoms with Gasteiger partial charge >= 0.3 is 0 Å². The van der Waals surface area contributed by atoms with Crippen LogP contribution in [0.4, 0.5) is 5.69 Å². The van der Waals surface area contributed by atoms with E-state index in [1.807, 2.05) is 0 Å². The Hall–Kier alpha value is -0.980. The number of rotatable bonds is 6. The van der Waals surface area contributed by atoms with Crippen molar-refractivity contribution in [2.75, 3.05) is 5.32 Å². The summed E-state index contributed by atoms with van der Waals surface area (Å²) >= 11 is 0. The fraction of sp³-hybridized carbons (Fsp3) is 0.571. The van der Waals surface area contributed by atoms with Gasteiger partial charge in [-0.3, -0.25) is 0 Å². The van der Waals surface area contributed by atoms with E-state index < -0.39 is 0 Å². The molecule has 0 amide bonds. The van der Waals surface area contributed by atoms with E-state index in [9.17, 15) is 0 Å². The van der Waals surface area contributed by atoms with Crippen molar-refractivity contribution in [2.24, 2.45) is 0 Å². The summed E-state index contributed by atoms with van der Waals surface area (Å²) in [4.78, 5) is 0. The lowest BCUT2D eigenvalue weighted by molar-refractivity contribution is 0.593. The molecule has 0 aliphatic rings. The SMILES string of the molecule is CCCCC(CC)Nc1cccc(C)c1. The van der Waals surface area contributed by atoms with Crippen LogP contribution in [0.1, 0.15) is 45.1 Å². The van der Waals surface area contributed by atoms with Crippen LogP contribution in [0.2, 0.25) is 0 Å². The molecule has 1 rings (SSSR count). The van der Waals surface area contributed by atoms with Crippen LogP contribution >= 0.6 is 0 Å². The maximum absolute atomic E-state index is 3.60. The maximum Gasteiger partial charge on any atom is 0.0344 e. The van der Waals surface area contributed by atoms with Crippen LogP contribution in [0, 0.1) is 6.92 Å². The third-order valence-electron chi connectivity index (χ3n) is 2.79. The van der Waals surface area contributed by atoms with Gasteiger partial charge in [0.2, 0.25) is 0 Å². The Labute approximate surface area is 93.9 Å². The van der Waals surface area contributed by atoms with Crippen molar-refractivity contribution in [3.63, 3.8) is 0 Å². The van der Waals surface area contributed by atoms with Crippen LogP contribution in [-0.2, 0) is 0 Å². The summed E-state index contributed by atoms with van der Waals surface area (Å²) < 4.78 is 0. The molecule has 15 heavy (non-hydrogen) atoms. The van der Waals surface area contributed by atoms with E-state index in [1.54, 1.807) is 0 Å². The van der Waals surface area contributed by atoms with Crippen molar-refractivity contribution in [2.45, 2.75) is 52.5 Å². The fourth-order valence-corrected chi connectivity index (χ4v) is 1.80. The van der Waals surface area contributed by atoms with Crippen LogP contribution in [-0.4, -0.2) is 6.04 Å². The molecule has 0 aliphatic heterocycles. The molecule has 0 heterocycles. The Morgan fingerprint density at radius 1 is 1.27 bits per heavy atom. The number of unbranched alkanes of at least 4 members (excludes halogenated alkanes) is 1. The lowest BCUT2D eigenvalue weighted by atomic mass is 10.1. The number of anilines is 1. The molecule has 1 aromatic carbocycles.